The van der Waals surface area contributed by atoms with E-state index in [9.17, 15) is 0 Å². The Kier molecular flexibility index (Phi) is 3.69. The van der Waals surface area contributed by atoms with Crippen molar-refractivity contribution >= 4 is 22.5 Å². The van der Waals surface area contributed by atoms with E-state index in [-0.39, 0.29) is 5.54 Å². The van der Waals surface area contributed by atoms with Gasteiger partial charge in [0.05, 0.1) is 0 Å². The molecule has 0 aliphatic heterocycles. The van der Waals surface area contributed by atoms with Gasteiger partial charge in [0.1, 0.15) is 0 Å². The van der Waals surface area contributed by atoms with Crippen LogP contribution in [0.25, 0.3) is 10.9 Å². The molecule has 0 radical (unpaired) electrons. The van der Waals surface area contributed by atoms with Gasteiger partial charge in [0, 0.05) is 40.8 Å². The molecule has 0 unspecified atom stereocenters. The highest BCUT2D eigenvalue weighted by Gasteiger charge is 2.12. The Hall–Kier alpha value is -0.990. The monoisotopic (exact) mass is 264 g/mol. The van der Waals surface area contributed by atoms with Gasteiger partial charge < -0.3 is 9.88 Å². The van der Waals surface area contributed by atoms with Crippen molar-refractivity contribution in [2.24, 2.45) is 0 Å². The van der Waals surface area contributed by atoms with Crippen LogP contribution in [0.1, 0.15) is 33.3 Å². The molecule has 2 aromatic rings. The van der Waals surface area contributed by atoms with E-state index >= 15 is 0 Å². The van der Waals surface area contributed by atoms with E-state index in [1.807, 2.05) is 12.1 Å². The van der Waals surface area contributed by atoms with Gasteiger partial charge in [-0.15, -0.1) is 0 Å². The van der Waals surface area contributed by atoms with Crippen LogP contribution in [0, 0.1) is 0 Å². The maximum absolute atomic E-state index is 6.08. The molecular formula is C15H21ClN2. The fraction of sp³-hybridized carbons (Fsp3) is 0.467. The van der Waals surface area contributed by atoms with Crippen molar-refractivity contribution in [1.29, 1.82) is 0 Å². The van der Waals surface area contributed by atoms with Gasteiger partial charge >= 0.3 is 0 Å². The van der Waals surface area contributed by atoms with Crippen LogP contribution in [-0.2, 0) is 13.1 Å². The van der Waals surface area contributed by atoms with Crippen molar-refractivity contribution in [1.82, 2.24) is 9.88 Å². The zero-order valence-electron chi connectivity index (χ0n) is 11.5. The normalized spacial score (nSPS) is 12.3. The topological polar surface area (TPSA) is 17.0 Å². The van der Waals surface area contributed by atoms with E-state index in [0.29, 0.717) is 0 Å². The second kappa shape index (κ2) is 4.94. The van der Waals surface area contributed by atoms with Crippen LogP contribution in [0.2, 0.25) is 5.02 Å². The molecule has 1 heterocycles. The first-order chi connectivity index (χ1) is 8.40. The molecule has 1 aromatic carbocycles. The molecule has 0 saturated carbocycles. The van der Waals surface area contributed by atoms with Crippen LogP contribution >= 0.6 is 11.6 Å². The maximum Gasteiger partial charge on any atom is 0.0498 e. The Morgan fingerprint density at radius 3 is 2.61 bits per heavy atom. The van der Waals surface area contributed by atoms with Crippen molar-refractivity contribution in [3.63, 3.8) is 0 Å². The molecule has 0 atom stereocenters. The molecule has 1 aromatic heterocycles. The summed E-state index contributed by atoms with van der Waals surface area (Å²) in [4.78, 5) is 0. The van der Waals surface area contributed by atoms with E-state index in [4.69, 9.17) is 11.6 Å². The number of rotatable bonds is 3. The third-order valence-corrected chi connectivity index (χ3v) is 3.31. The summed E-state index contributed by atoms with van der Waals surface area (Å²) in [5.41, 5.74) is 2.68. The number of benzene rings is 1. The zero-order chi connectivity index (χ0) is 13.3. The fourth-order valence-electron chi connectivity index (χ4n) is 2.10. The molecule has 2 rings (SSSR count). The van der Waals surface area contributed by atoms with Crippen LogP contribution in [-0.4, -0.2) is 10.1 Å². The molecule has 3 heteroatoms. The predicted octanol–water partition coefficient (Wildman–Crippen LogP) is 4.20. The summed E-state index contributed by atoms with van der Waals surface area (Å²) in [6.07, 6.45) is 2.22. The van der Waals surface area contributed by atoms with Crippen LogP contribution in [0.3, 0.4) is 0 Å². The molecule has 18 heavy (non-hydrogen) atoms. The van der Waals surface area contributed by atoms with Gasteiger partial charge in [-0.3, -0.25) is 0 Å². The van der Waals surface area contributed by atoms with Gasteiger partial charge in [0.15, 0.2) is 0 Å². The summed E-state index contributed by atoms with van der Waals surface area (Å²) < 4.78 is 2.25. The van der Waals surface area contributed by atoms with Crippen molar-refractivity contribution in [2.75, 3.05) is 0 Å². The summed E-state index contributed by atoms with van der Waals surface area (Å²) in [5.74, 6) is 0. The summed E-state index contributed by atoms with van der Waals surface area (Å²) in [7, 11) is 0. The van der Waals surface area contributed by atoms with Crippen molar-refractivity contribution < 1.29 is 0 Å². The molecule has 98 valence electrons. The Morgan fingerprint density at radius 2 is 2.00 bits per heavy atom. The maximum atomic E-state index is 6.08. The number of fused-ring (bicyclic) bond motifs is 1. The third kappa shape index (κ3) is 2.88. The van der Waals surface area contributed by atoms with Crippen LogP contribution in [0.5, 0.6) is 0 Å². The Bertz CT molecular complexity index is 549. The molecule has 0 bridgehead atoms. The predicted molar refractivity (Wildman–Crippen MR) is 79.2 cm³/mol. The molecule has 0 saturated heterocycles. The standard InChI is InChI=1S/C15H21ClN2/c1-5-18-10-11(9-17-15(2,3)4)13-7-6-12(16)8-14(13)18/h6-8,10,17H,5,9H2,1-4H3. The Labute approximate surface area is 114 Å². The molecule has 1 N–H and O–H groups in total. The van der Waals surface area contributed by atoms with E-state index in [1.54, 1.807) is 0 Å². The first-order valence-corrected chi connectivity index (χ1v) is 6.81. The van der Waals surface area contributed by atoms with E-state index in [1.165, 1.54) is 16.5 Å². The van der Waals surface area contributed by atoms with Gasteiger partial charge in [-0.05, 0) is 45.4 Å². The molecule has 2 nitrogen and oxygen atoms in total. The minimum Gasteiger partial charge on any atom is -0.347 e. The van der Waals surface area contributed by atoms with E-state index < -0.39 is 0 Å². The van der Waals surface area contributed by atoms with Crippen molar-refractivity contribution in [3.8, 4) is 0 Å². The lowest BCUT2D eigenvalue weighted by molar-refractivity contribution is 0.425. The first kappa shape index (κ1) is 13.4. The summed E-state index contributed by atoms with van der Waals surface area (Å²) >= 11 is 6.08. The molecule has 0 spiro atoms. The lowest BCUT2D eigenvalue weighted by atomic mass is 10.1. The Balaban J connectivity index is 2.39. The van der Waals surface area contributed by atoms with Gasteiger partial charge in [0.25, 0.3) is 0 Å². The lowest BCUT2D eigenvalue weighted by Crippen LogP contribution is -2.34. The number of nitrogens with one attached hydrogen (secondary N) is 1. The van der Waals surface area contributed by atoms with Crippen molar-refractivity contribution in [2.45, 2.75) is 46.3 Å². The highest BCUT2D eigenvalue weighted by molar-refractivity contribution is 6.31. The van der Waals surface area contributed by atoms with E-state index in [0.717, 1.165) is 18.1 Å². The smallest absolute Gasteiger partial charge is 0.0498 e. The second-order valence-electron chi connectivity index (χ2n) is 5.71. The highest BCUT2D eigenvalue weighted by Crippen LogP contribution is 2.25. The third-order valence-electron chi connectivity index (χ3n) is 3.08. The molecular weight excluding hydrogens is 244 g/mol. The van der Waals surface area contributed by atoms with Crippen molar-refractivity contribution in [3.05, 3.63) is 35.0 Å². The quantitative estimate of drug-likeness (QED) is 0.879. The minimum absolute atomic E-state index is 0.132. The number of hydrogen-bond donors (Lipinski definition) is 1. The molecule has 0 amide bonds. The number of hydrogen-bond acceptors (Lipinski definition) is 1. The number of halogens is 1. The summed E-state index contributed by atoms with van der Waals surface area (Å²) in [5, 5.41) is 5.62. The largest absolute Gasteiger partial charge is 0.347 e. The average molecular weight is 265 g/mol. The van der Waals surface area contributed by atoms with Gasteiger partial charge in [-0.2, -0.15) is 0 Å². The summed E-state index contributed by atoms with van der Waals surface area (Å²) in [6, 6.07) is 6.12. The first-order valence-electron chi connectivity index (χ1n) is 6.43. The van der Waals surface area contributed by atoms with Gasteiger partial charge in [-0.1, -0.05) is 17.7 Å². The van der Waals surface area contributed by atoms with Crippen LogP contribution in [0.4, 0.5) is 0 Å². The van der Waals surface area contributed by atoms with Crippen LogP contribution < -0.4 is 5.32 Å². The highest BCUT2D eigenvalue weighted by atomic mass is 35.5. The second-order valence-corrected chi connectivity index (χ2v) is 6.14. The molecule has 0 aliphatic carbocycles. The Morgan fingerprint density at radius 1 is 1.28 bits per heavy atom. The number of aromatic nitrogens is 1. The molecule has 0 aliphatic rings. The zero-order valence-corrected chi connectivity index (χ0v) is 12.3. The number of nitrogens with zero attached hydrogens (tertiary/aromatic N) is 1. The minimum atomic E-state index is 0.132. The number of aryl methyl sites for hydroxylation is 1. The average Bonchev–Trinajstić information content (AvgIpc) is 2.63. The van der Waals surface area contributed by atoms with Crippen LogP contribution in [0.15, 0.2) is 24.4 Å². The SMILES string of the molecule is CCn1cc(CNC(C)(C)C)c2ccc(Cl)cc21. The van der Waals surface area contributed by atoms with Gasteiger partial charge in [0.2, 0.25) is 0 Å². The lowest BCUT2D eigenvalue weighted by Gasteiger charge is -2.20. The summed E-state index contributed by atoms with van der Waals surface area (Å²) in [6.45, 7) is 10.6. The van der Waals surface area contributed by atoms with E-state index in [2.05, 4.69) is 49.8 Å². The fourth-order valence-corrected chi connectivity index (χ4v) is 2.27. The molecule has 0 fully saturated rings. The van der Waals surface area contributed by atoms with Gasteiger partial charge in [-0.25, -0.2) is 0 Å².